The zero-order chi connectivity index (χ0) is 33.6. The molecule has 7 nitrogen and oxygen atoms in total. The summed E-state index contributed by atoms with van der Waals surface area (Å²) in [4.78, 5) is 31.2. The number of alkyl halides is 6. The third kappa shape index (κ3) is 10.4. The van der Waals surface area contributed by atoms with Crippen LogP contribution in [0.3, 0.4) is 0 Å². The first kappa shape index (κ1) is 36.8. The van der Waals surface area contributed by atoms with E-state index in [0.29, 0.717) is 24.1 Å². The van der Waals surface area contributed by atoms with Gasteiger partial charge in [0.25, 0.3) is 0 Å². The molecular formula is C31H43F6N3O4. The van der Waals surface area contributed by atoms with Crippen LogP contribution in [-0.4, -0.2) is 71.3 Å². The Hall–Kier alpha value is -3.38. The Kier molecular flexibility index (Phi) is 12.2. The smallest absolute Gasteiger partial charge is 0.416 e. The van der Waals surface area contributed by atoms with Gasteiger partial charge in [0, 0.05) is 38.3 Å². The minimum absolute atomic E-state index is 0.0452. The van der Waals surface area contributed by atoms with E-state index in [4.69, 9.17) is 9.47 Å². The number of piperidine rings is 1. The number of rotatable bonds is 9. The van der Waals surface area contributed by atoms with Crippen molar-refractivity contribution < 1.29 is 45.4 Å². The zero-order valence-corrected chi connectivity index (χ0v) is 26.3. The van der Waals surface area contributed by atoms with Crippen LogP contribution >= 0.6 is 0 Å². The summed E-state index contributed by atoms with van der Waals surface area (Å²) in [6, 6.07) is -0.432. The first-order valence-electron chi connectivity index (χ1n) is 14.4. The van der Waals surface area contributed by atoms with E-state index in [1.165, 1.54) is 0 Å². The van der Waals surface area contributed by atoms with E-state index in [2.05, 4.69) is 6.58 Å². The molecule has 0 bridgehead atoms. The first-order chi connectivity index (χ1) is 20.2. The molecule has 1 heterocycles. The average molecular weight is 636 g/mol. The Morgan fingerprint density at radius 3 is 2.00 bits per heavy atom. The van der Waals surface area contributed by atoms with Gasteiger partial charge in [-0.1, -0.05) is 19.1 Å². The van der Waals surface area contributed by atoms with E-state index in [1.807, 2.05) is 32.0 Å². The van der Waals surface area contributed by atoms with Crippen LogP contribution in [-0.2, 0) is 28.4 Å². The number of likely N-dealkylation sites (tertiary alicyclic amines) is 1. The summed E-state index contributed by atoms with van der Waals surface area (Å²) in [7, 11) is 2.97. The molecule has 0 saturated carbocycles. The fourth-order valence-corrected chi connectivity index (χ4v) is 5.14. The highest BCUT2D eigenvalue weighted by atomic mass is 19.4. The van der Waals surface area contributed by atoms with Gasteiger partial charge in [-0.3, -0.25) is 0 Å². The summed E-state index contributed by atoms with van der Waals surface area (Å²) in [6.07, 6.45) is -6.81. The predicted molar refractivity (Wildman–Crippen MR) is 155 cm³/mol. The van der Waals surface area contributed by atoms with Crippen molar-refractivity contribution >= 4 is 12.2 Å². The normalized spacial score (nSPS) is 19.6. The maximum atomic E-state index is 13.6. The Labute approximate surface area is 255 Å². The Morgan fingerprint density at radius 2 is 1.55 bits per heavy atom. The molecule has 1 aliphatic rings. The number of methoxy groups -OCH3 is 1. The molecule has 1 aromatic rings. The number of allylic oxidation sites excluding steroid dienone is 1. The van der Waals surface area contributed by atoms with Gasteiger partial charge in [-0.05, 0) is 89.4 Å². The van der Waals surface area contributed by atoms with Gasteiger partial charge in [-0.25, -0.2) is 9.59 Å². The predicted octanol–water partition coefficient (Wildman–Crippen LogP) is 8.25. The fraction of sp³-hybridized carbons (Fsp3) is 0.613. The highest BCUT2D eigenvalue weighted by Gasteiger charge is 2.43. The molecule has 0 aromatic heterocycles. The second kappa shape index (κ2) is 14.6. The van der Waals surface area contributed by atoms with Gasteiger partial charge in [-0.2, -0.15) is 26.3 Å². The van der Waals surface area contributed by atoms with Gasteiger partial charge in [-0.15, -0.1) is 0 Å². The van der Waals surface area contributed by atoms with Crippen LogP contribution in [0.15, 0.2) is 42.6 Å². The highest BCUT2D eigenvalue weighted by Crippen LogP contribution is 2.38. The number of carbonyl (C=O) groups is 2. The molecule has 0 N–H and O–H groups in total. The number of hydrogen-bond acceptors (Lipinski definition) is 5. The van der Waals surface area contributed by atoms with Gasteiger partial charge in [0.15, 0.2) is 0 Å². The average Bonchev–Trinajstić information content (AvgIpc) is 2.91. The van der Waals surface area contributed by atoms with Crippen molar-refractivity contribution in [3.8, 4) is 0 Å². The number of nitrogens with zero attached hydrogens (tertiary/aromatic N) is 3. The van der Waals surface area contributed by atoms with E-state index in [1.54, 1.807) is 31.7 Å². The SMILES string of the molecule is C=C(/C=C\N(C)CC)C[C@H]1C[C@@H](N(Cc2cc(C(F)(F)F)cc(C(F)(F)F)c2)C(=O)OC)C[C@@H](CC)N1C(=O)OC(C)(C)C. The van der Waals surface area contributed by atoms with Crippen LogP contribution in [0.4, 0.5) is 35.9 Å². The molecule has 2 amide bonds. The number of ether oxygens (including phenoxy) is 2. The maximum absolute atomic E-state index is 13.6. The molecule has 44 heavy (non-hydrogen) atoms. The third-order valence-electron chi connectivity index (χ3n) is 7.36. The van der Waals surface area contributed by atoms with Crippen molar-refractivity contribution in [2.75, 3.05) is 20.7 Å². The lowest BCUT2D eigenvalue weighted by Gasteiger charge is -2.47. The van der Waals surface area contributed by atoms with E-state index in [0.717, 1.165) is 18.6 Å². The van der Waals surface area contributed by atoms with Gasteiger partial charge in [0.05, 0.1) is 18.2 Å². The van der Waals surface area contributed by atoms with Crippen LogP contribution in [0.25, 0.3) is 0 Å². The monoisotopic (exact) mass is 635 g/mol. The summed E-state index contributed by atoms with van der Waals surface area (Å²) in [6.45, 7) is 13.3. The van der Waals surface area contributed by atoms with E-state index < -0.39 is 65.9 Å². The highest BCUT2D eigenvalue weighted by molar-refractivity contribution is 5.70. The Balaban J connectivity index is 2.56. The lowest BCUT2D eigenvalue weighted by Crippen LogP contribution is -2.58. The second-order valence-electron chi connectivity index (χ2n) is 12.0. The van der Waals surface area contributed by atoms with Gasteiger partial charge >= 0.3 is 24.5 Å². The standard InChI is InChI=1S/C31H43F6N3O4/c1-9-24-17-25(18-26(13-20(3)11-12-38(7)10-2)40(24)28(42)44-29(4,5)6)39(27(41)43-8)19-21-14-22(30(32,33)34)16-23(15-21)31(35,36)37/h11-12,14-16,24-26H,3,9-10,13,17-19H2,1-2,4-8H3/b12-11-/t24-,25+,26+/m1/s1. The molecule has 1 saturated heterocycles. The molecule has 1 fully saturated rings. The van der Waals surface area contributed by atoms with Crippen LogP contribution in [0.5, 0.6) is 0 Å². The van der Waals surface area contributed by atoms with Crippen molar-refractivity contribution in [2.45, 2.75) is 103 Å². The van der Waals surface area contributed by atoms with Crippen LogP contribution in [0, 0.1) is 0 Å². The summed E-state index contributed by atoms with van der Waals surface area (Å²) in [5, 5.41) is 0. The fourth-order valence-electron chi connectivity index (χ4n) is 5.14. The minimum Gasteiger partial charge on any atom is -0.453 e. The quantitative estimate of drug-likeness (QED) is 0.202. The molecule has 0 radical (unpaired) electrons. The molecule has 13 heteroatoms. The summed E-state index contributed by atoms with van der Waals surface area (Å²) in [5.41, 5.74) is -3.43. The van der Waals surface area contributed by atoms with Crippen molar-refractivity contribution in [3.63, 3.8) is 0 Å². The Bertz CT molecular complexity index is 1160. The molecule has 1 aliphatic heterocycles. The Morgan fingerprint density at radius 1 is 1.00 bits per heavy atom. The summed E-state index contributed by atoms with van der Waals surface area (Å²) >= 11 is 0. The van der Waals surface area contributed by atoms with Gasteiger partial charge < -0.3 is 24.2 Å². The van der Waals surface area contributed by atoms with Crippen molar-refractivity contribution in [3.05, 3.63) is 59.3 Å². The molecule has 2 rings (SSSR count). The van der Waals surface area contributed by atoms with Crippen molar-refractivity contribution in [1.82, 2.24) is 14.7 Å². The largest absolute Gasteiger partial charge is 0.453 e. The second-order valence-corrected chi connectivity index (χ2v) is 12.0. The summed E-state index contributed by atoms with van der Waals surface area (Å²) < 4.78 is 92.0. The molecular weight excluding hydrogens is 592 g/mol. The number of amides is 2. The molecule has 248 valence electrons. The maximum Gasteiger partial charge on any atom is 0.416 e. The molecule has 0 unspecified atom stereocenters. The molecule has 0 spiro atoms. The lowest BCUT2D eigenvalue weighted by atomic mass is 9.86. The van der Waals surface area contributed by atoms with Gasteiger partial charge in [0.2, 0.25) is 0 Å². The molecule has 1 aromatic carbocycles. The molecule has 3 atom stereocenters. The number of hydrogen-bond donors (Lipinski definition) is 0. The van der Waals surface area contributed by atoms with Crippen molar-refractivity contribution in [2.24, 2.45) is 0 Å². The topological polar surface area (TPSA) is 62.3 Å². The third-order valence-corrected chi connectivity index (χ3v) is 7.36. The minimum atomic E-state index is -5.04. The van der Waals surface area contributed by atoms with Crippen LogP contribution < -0.4 is 0 Å². The number of carbonyl (C=O) groups excluding carboxylic acids is 2. The first-order valence-corrected chi connectivity index (χ1v) is 14.4. The summed E-state index contributed by atoms with van der Waals surface area (Å²) in [5.74, 6) is 0. The van der Waals surface area contributed by atoms with E-state index >= 15 is 0 Å². The van der Waals surface area contributed by atoms with Crippen molar-refractivity contribution in [1.29, 1.82) is 0 Å². The lowest BCUT2D eigenvalue weighted by molar-refractivity contribution is -0.143. The van der Waals surface area contributed by atoms with E-state index in [-0.39, 0.29) is 30.9 Å². The number of benzene rings is 1. The van der Waals surface area contributed by atoms with Crippen LogP contribution in [0.2, 0.25) is 0 Å². The number of halogens is 6. The van der Waals surface area contributed by atoms with Crippen LogP contribution in [0.1, 0.15) is 77.0 Å². The molecule has 0 aliphatic carbocycles. The van der Waals surface area contributed by atoms with E-state index in [9.17, 15) is 35.9 Å². The zero-order valence-electron chi connectivity index (χ0n) is 26.3. The van der Waals surface area contributed by atoms with Gasteiger partial charge in [0.1, 0.15) is 5.60 Å².